The summed E-state index contributed by atoms with van der Waals surface area (Å²) in [4.78, 5) is 12.2. The molecule has 0 aliphatic heterocycles. The van der Waals surface area contributed by atoms with E-state index in [4.69, 9.17) is 14.2 Å². The van der Waals surface area contributed by atoms with Crippen LogP contribution in [0, 0.1) is 13.8 Å². The van der Waals surface area contributed by atoms with Crippen molar-refractivity contribution in [3.8, 4) is 17.2 Å². The van der Waals surface area contributed by atoms with E-state index < -0.39 is 0 Å². The highest BCUT2D eigenvalue weighted by Gasteiger charge is 2.12. The Bertz CT molecular complexity index is 771. The highest BCUT2D eigenvalue weighted by Crippen LogP contribution is 2.38. The van der Waals surface area contributed by atoms with Crippen LogP contribution in [0.3, 0.4) is 0 Å². The van der Waals surface area contributed by atoms with Gasteiger partial charge in [-0.15, -0.1) is 0 Å². The minimum absolute atomic E-state index is 0.206. The first-order valence-electron chi connectivity index (χ1n) is 7.84. The number of benzene rings is 2. The molecule has 0 heterocycles. The zero-order chi connectivity index (χ0) is 18.4. The molecule has 0 saturated carbocycles. The van der Waals surface area contributed by atoms with Gasteiger partial charge in [-0.1, -0.05) is 12.1 Å². The van der Waals surface area contributed by atoms with Crippen molar-refractivity contribution in [3.63, 3.8) is 0 Å². The number of nitrogens with one attached hydrogen (secondary N) is 1. The van der Waals surface area contributed by atoms with Gasteiger partial charge in [0.15, 0.2) is 11.5 Å². The van der Waals surface area contributed by atoms with Gasteiger partial charge in [-0.25, -0.2) is 0 Å². The zero-order valence-corrected chi connectivity index (χ0v) is 15.2. The van der Waals surface area contributed by atoms with Crippen molar-refractivity contribution >= 4 is 17.7 Å². The fourth-order valence-corrected chi connectivity index (χ4v) is 2.41. The van der Waals surface area contributed by atoms with E-state index in [9.17, 15) is 4.79 Å². The number of anilines is 1. The van der Waals surface area contributed by atoms with E-state index in [1.54, 1.807) is 39.5 Å². The highest BCUT2D eigenvalue weighted by atomic mass is 16.5. The highest BCUT2D eigenvalue weighted by molar-refractivity contribution is 6.02. The lowest BCUT2D eigenvalue weighted by Gasteiger charge is -2.12. The Morgan fingerprint density at radius 3 is 2.16 bits per heavy atom. The normalized spacial score (nSPS) is 10.6. The second-order valence-electron chi connectivity index (χ2n) is 5.60. The van der Waals surface area contributed by atoms with Crippen LogP contribution in [0.2, 0.25) is 0 Å². The van der Waals surface area contributed by atoms with Gasteiger partial charge in [0.2, 0.25) is 11.7 Å². The molecule has 0 fully saturated rings. The van der Waals surface area contributed by atoms with Gasteiger partial charge in [-0.2, -0.15) is 0 Å². The Hall–Kier alpha value is -2.95. The summed E-state index contributed by atoms with van der Waals surface area (Å²) in [6.45, 7) is 3.94. The molecule has 5 heteroatoms. The molecular weight excluding hydrogens is 318 g/mol. The second kappa shape index (κ2) is 8.24. The van der Waals surface area contributed by atoms with Gasteiger partial charge in [0.25, 0.3) is 0 Å². The average Bonchev–Trinajstić information content (AvgIpc) is 2.61. The molecule has 0 bridgehead atoms. The van der Waals surface area contributed by atoms with E-state index in [0.29, 0.717) is 17.2 Å². The minimum atomic E-state index is -0.206. The summed E-state index contributed by atoms with van der Waals surface area (Å²) < 4.78 is 15.9. The van der Waals surface area contributed by atoms with Gasteiger partial charge in [-0.3, -0.25) is 4.79 Å². The van der Waals surface area contributed by atoms with Crippen LogP contribution in [-0.4, -0.2) is 27.2 Å². The molecule has 5 nitrogen and oxygen atoms in total. The predicted octanol–water partition coefficient (Wildman–Crippen LogP) is 3.98. The lowest BCUT2D eigenvalue weighted by Crippen LogP contribution is -2.09. The molecule has 25 heavy (non-hydrogen) atoms. The molecule has 0 aliphatic carbocycles. The molecule has 132 valence electrons. The van der Waals surface area contributed by atoms with Crippen LogP contribution >= 0.6 is 0 Å². The summed E-state index contributed by atoms with van der Waals surface area (Å²) in [6, 6.07) is 9.50. The van der Waals surface area contributed by atoms with Crippen LogP contribution in [0.1, 0.15) is 16.7 Å². The molecule has 0 atom stereocenters. The fraction of sp³-hybridized carbons (Fsp3) is 0.250. The lowest BCUT2D eigenvalue weighted by atomic mass is 10.1. The standard InChI is InChI=1S/C20H23NO4/c1-13-6-7-14(2)16(10-13)21-19(22)9-8-15-11-17(23-3)20(25-5)18(12-15)24-4/h6-12H,1-5H3,(H,21,22). The minimum Gasteiger partial charge on any atom is -0.493 e. The Balaban J connectivity index is 2.20. The van der Waals surface area contributed by atoms with E-state index in [-0.39, 0.29) is 5.91 Å². The molecular formula is C20H23NO4. The number of hydrogen-bond donors (Lipinski definition) is 1. The van der Waals surface area contributed by atoms with Gasteiger partial charge >= 0.3 is 0 Å². The number of carbonyl (C=O) groups is 1. The molecule has 1 N–H and O–H groups in total. The molecule has 2 aromatic rings. The molecule has 0 aliphatic rings. The van der Waals surface area contributed by atoms with Crippen molar-refractivity contribution in [2.24, 2.45) is 0 Å². The van der Waals surface area contributed by atoms with Gasteiger partial charge < -0.3 is 19.5 Å². The fourth-order valence-electron chi connectivity index (χ4n) is 2.41. The van der Waals surface area contributed by atoms with Crippen molar-refractivity contribution in [1.29, 1.82) is 0 Å². The maximum absolute atomic E-state index is 12.2. The van der Waals surface area contributed by atoms with Crippen molar-refractivity contribution in [3.05, 3.63) is 53.1 Å². The molecule has 0 unspecified atom stereocenters. The Labute approximate surface area is 148 Å². The van der Waals surface area contributed by atoms with Gasteiger partial charge in [0.1, 0.15) is 0 Å². The first kappa shape index (κ1) is 18.4. The van der Waals surface area contributed by atoms with Crippen molar-refractivity contribution < 1.29 is 19.0 Å². The topological polar surface area (TPSA) is 56.8 Å². The van der Waals surface area contributed by atoms with Gasteiger partial charge in [0, 0.05) is 11.8 Å². The molecule has 1 amide bonds. The Kier molecular flexibility index (Phi) is 6.06. The molecule has 0 spiro atoms. The molecule has 0 saturated heterocycles. The molecule has 0 aromatic heterocycles. The number of hydrogen-bond acceptors (Lipinski definition) is 4. The number of aryl methyl sites for hydroxylation is 2. The number of rotatable bonds is 6. The Morgan fingerprint density at radius 2 is 1.60 bits per heavy atom. The average molecular weight is 341 g/mol. The maximum atomic E-state index is 12.2. The van der Waals surface area contributed by atoms with Crippen LogP contribution in [-0.2, 0) is 4.79 Å². The van der Waals surface area contributed by atoms with Crippen LogP contribution in [0.5, 0.6) is 17.2 Å². The molecule has 2 aromatic carbocycles. The number of ether oxygens (including phenoxy) is 3. The lowest BCUT2D eigenvalue weighted by molar-refractivity contribution is -0.111. The first-order valence-corrected chi connectivity index (χ1v) is 7.84. The first-order chi connectivity index (χ1) is 12.0. The third kappa shape index (κ3) is 4.53. The van der Waals surface area contributed by atoms with E-state index in [2.05, 4.69) is 5.32 Å². The molecule has 2 rings (SSSR count). The van der Waals surface area contributed by atoms with E-state index >= 15 is 0 Å². The third-order valence-corrected chi connectivity index (χ3v) is 3.77. The summed E-state index contributed by atoms with van der Waals surface area (Å²) in [5, 5.41) is 2.89. The maximum Gasteiger partial charge on any atom is 0.248 e. The van der Waals surface area contributed by atoms with E-state index in [1.165, 1.54) is 6.08 Å². The SMILES string of the molecule is COc1cc(C=CC(=O)Nc2cc(C)ccc2C)cc(OC)c1OC. The zero-order valence-electron chi connectivity index (χ0n) is 15.2. The second-order valence-corrected chi connectivity index (χ2v) is 5.60. The van der Waals surface area contributed by atoms with Crippen LogP contribution in [0.4, 0.5) is 5.69 Å². The summed E-state index contributed by atoms with van der Waals surface area (Å²) in [7, 11) is 4.66. The predicted molar refractivity (Wildman–Crippen MR) is 99.7 cm³/mol. The Morgan fingerprint density at radius 1 is 0.960 bits per heavy atom. The van der Waals surface area contributed by atoms with E-state index in [0.717, 1.165) is 22.4 Å². The number of methoxy groups -OCH3 is 3. The summed E-state index contributed by atoms with van der Waals surface area (Å²) in [6.07, 6.45) is 3.17. The van der Waals surface area contributed by atoms with Gasteiger partial charge in [-0.05, 0) is 54.8 Å². The summed E-state index contributed by atoms with van der Waals surface area (Å²) in [5.41, 5.74) is 3.68. The quantitative estimate of drug-likeness (QED) is 0.808. The van der Waals surface area contributed by atoms with Crippen LogP contribution in [0.15, 0.2) is 36.4 Å². The summed E-state index contributed by atoms with van der Waals surface area (Å²) >= 11 is 0. The van der Waals surface area contributed by atoms with Crippen molar-refractivity contribution in [1.82, 2.24) is 0 Å². The van der Waals surface area contributed by atoms with E-state index in [1.807, 2.05) is 32.0 Å². The van der Waals surface area contributed by atoms with Gasteiger partial charge in [0.05, 0.1) is 21.3 Å². The third-order valence-electron chi connectivity index (χ3n) is 3.77. The largest absolute Gasteiger partial charge is 0.493 e. The summed E-state index contributed by atoms with van der Waals surface area (Å²) in [5.74, 6) is 1.39. The monoisotopic (exact) mass is 341 g/mol. The van der Waals surface area contributed by atoms with Crippen molar-refractivity contribution in [2.75, 3.05) is 26.6 Å². The van der Waals surface area contributed by atoms with Crippen molar-refractivity contribution in [2.45, 2.75) is 13.8 Å². The smallest absolute Gasteiger partial charge is 0.248 e. The van der Waals surface area contributed by atoms with Crippen LogP contribution in [0.25, 0.3) is 6.08 Å². The van der Waals surface area contributed by atoms with Crippen LogP contribution < -0.4 is 19.5 Å². The number of carbonyl (C=O) groups excluding carboxylic acids is 1. The number of amides is 1. The molecule has 0 radical (unpaired) electrons.